The Bertz CT molecular complexity index is 434. The smallest absolute Gasteiger partial charge is 0.166 e. The summed E-state index contributed by atoms with van der Waals surface area (Å²) in [5, 5.41) is 0. The van der Waals surface area contributed by atoms with Crippen LogP contribution in [0, 0.1) is 5.92 Å². The van der Waals surface area contributed by atoms with Crippen molar-refractivity contribution < 1.29 is 14.3 Å². The zero-order valence-corrected chi connectivity index (χ0v) is 11.8. The van der Waals surface area contributed by atoms with Gasteiger partial charge >= 0.3 is 0 Å². The van der Waals surface area contributed by atoms with Gasteiger partial charge in [-0.2, -0.15) is 0 Å². The summed E-state index contributed by atoms with van der Waals surface area (Å²) in [7, 11) is 0. The molecule has 0 bridgehead atoms. The fourth-order valence-electron chi connectivity index (χ4n) is 2.63. The highest BCUT2D eigenvalue weighted by molar-refractivity contribution is 5.98. The fraction of sp³-hybridized carbons (Fsp3) is 0.562. The maximum absolute atomic E-state index is 12.4. The molecule has 19 heavy (non-hydrogen) atoms. The summed E-state index contributed by atoms with van der Waals surface area (Å²) in [5.41, 5.74) is 0.749. The van der Waals surface area contributed by atoms with Gasteiger partial charge in [0.1, 0.15) is 0 Å². The summed E-state index contributed by atoms with van der Waals surface area (Å²) >= 11 is 0. The van der Waals surface area contributed by atoms with Gasteiger partial charge in [-0.15, -0.1) is 0 Å². The van der Waals surface area contributed by atoms with Crippen molar-refractivity contribution in [3.05, 3.63) is 23.8 Å². The van der Waals surface area contributed by atoms with E-state index >= 15 is 0 Å². The average molecular weight is 262 g/mol. The first-order chi connectivity index (χ1) is 9.26. The van der Waals surface area contributed by atoms with Gasteiger partial charge in [0.25, 0.3) is 0 Å². The Morgan fingerprint density at radius 3 is 2.37 bits per heavy atom. The molecule has 104 valence electrons. The van der Waals surface area contributed by atoms with Gasteiger partial charge in [-0.3, -0.25) is 4.79 Å². The maximum Gasteiger partial charge on any atom is 0.166 e. The number of carbonyl (C=O) groups excluding carboxylic acids is 1. The van der Waals surface area contributed by atoms with Crippen LogP contribution >= 0.6 is 0 Å². The second-order valence-electron chi connectivity index (χ2n) is 4.87. The molecular weight excluding hydrogens is 240 g/mol. The van der Waals surface area contributed by atoms with Gasteiger partial charge in [-0.05, 0) is 44.9 Å². The largest absolute Gasteiger partial charge is 0.490 e. The van der Waals surface area contributed by atoms with E-state index in [1.807, 2.05) is 32.0 Å². The first-order valence-electron chi connectivity index (χ1n) is 7.20. The Labute approximate surface area is 114 Å². The number of Topliss-reactive ketones (excluding diaryl/α,β-unsaturated/α-hetero) is 1. The van der Waals surface area contributed by atoms with E-state index in [9.17, 15) is 4.79 Å². The van der Waals surface area contributed by atoms with Crippen molar-refractivity contribution in [1.82, 2.24) is 0 Å². The third-order valence-electron chi connectivity index (χ3n) is 3.55. The molecule has 2 rings (SSSR count). The van der Waals surface area contributed by atoms with Crippen molar-refractivity contribution in [3.63, 3.8) is 0 Å². The first-order valence-corrected chi connectivity index (χ1v) is 7.20. The molecule has 1 aromatic carbocycles. The minimum Gasteiger partial charge on any atom is -0.490 e. The van der Waals surface area contributed by atoms with Crippen LogP contribution in [0.4, 0.5) is 0 Å². The number of hydrogen-bond acceptors (Lipinski definition) is 3. The molecule has 1 aromatic rings. The topological polar surface area (TPSA) is 35.5 Å². The minimum atomic E-state index is 0.201. The van der Waals surface area contributed by atoms with Crippen LogP contribution in [0.1, 0.15) is 49.9 Å². The molecular formula is C16H22O3. The Morgan fingerprint density at radius 1 is 1.11 bits per heavy atom. The fourth-order valence-corrected chi connectivity index (χ4v) is 2.63. The highest BCUT2D eigenvalue weighted by atomic mass is 16.5. The lowest BCUT2D eigenvalue weighted by atomic mass is 9.96. The van der Waals surface area contributed by atoms with E-state index < -0.39 is 0 Å². The van der Waals surface area contributed by atoms with E-state index in [0.29, 0.717) is 24.7 Å². The van der Waals surface area contributed by atoms with Gasteiger partial charge in [-0.1, -0.05) is 12.8 Å². The number of ether oxygens (including phenoxy) is 2. The van der Waals surface area contributed by atoms with Crippen molar-refractivity contribution in [2.75, 3.05) is 13.2 Å². The molecule has 0 atom stereocenters. The molecule has 0 heterocycles. The highest BCUT2D eigenvalue weighted by Crippen LogP contribution is 2.32. The lowest BCUT2D eigenvalue weighted by Gasteiger charge is -2.13. The zero-order valence-electron chi connectivity index (χ0n) is 11.8. The van der Waals surface area contributed by atoms with Crippen LogP contribution in [-0.4, -0.2) is 19.0 Å². The Balaban J connectivity index is 2.21. The molecule has 0 aliphatic heterocycles. The first kappa shape index (κ1) is 13.9. The third kappa shape index (κ3) is 3.28. The van der Waals surface area contributed by atoms with Gasteiger partial charge in [0, 0.05) is 11.5 Å². The summed E-state index contributed by atoms with van der Waals surface area (Å²) < 4.78 is 11.1. The summed E-state index contributed by atoms with van der Waals surface area (Å²) in [6.07, 6.45) is 4.39. The molecule has 0 aromatic heterocycles. The van der Waals surface area contributed by atoms with E-state index in [-0.39, 0.29) is 11.7 Å². The number of benzene rings is 1. The van der Waals surface area contributed by atoms with Crippen molar-refractivity contribution >= 4 is 5.78 Å². The minimum absolute atomic E-state index is 0.201. The molecule has 0 radical (unpaired) electrons. The molecule has 0 spiro atoms. The molecule has 3 heteroatoms. The Kier molecular flexibility index (Phi) is 4.83. The van der Waals surface area contributed by atoms with Crippen LogP contribution in [-0.2, 0) is 0 Å². The van der Waals surface area contributed by atoms with Gasteiger partial charge in [-0.25, -0.2) is 0 Å². The molecule has 0 unspecified atom stereocenters. The van der Waals surface area contributed by atoms with E-state index in [1.165, 1.54) is 12.8 Å². The van der Waals surface area contributed by atoms with Crippen molar-refractivity contribution in [3.8, 4) is 11.5 Å². The second-order valence-corrected chi connectivity index (χ2v) is 4.87. The summed E-state index contributed by atoms with van der Waals surface area (Å²) in [6, 6.07) is 5.53. The van der Waals surface area contributed by atoms with Gasteiger partial charge < -0.3 is 9.47 Å². The van der Waals surface area contributed by atoms with Crippen molar-refractivity contribution in [2.45, 2.75) is 39.5 Å². The van der Waals surface area contributed by atoms with Crippen LogP contribution in [0.25, 0.3) is 0 Å². The predicted octanol–water partition coefficient (Wildman–Crippen LogP) is 3.86. The zero-order chi connectivity index (χ0) is 13.7. The molecule has 1 fully saturated rings. The van der Waals surface area contributed by atoms with E-state index in [1.54, 1.807) is 0 Å². The number of rotatable bonds is 6. The average Bonchev–Trinajstić information content (AvgIpc) is 2.94. The molecule has 0 saturated heterocycles. The summed E-state index contributed by atoms with van der Waals surface area (Å²) in [4.78, 5) is 12.4. The van der Waals surface area contributed by atoms with E-state index in [0.717, 1.165) is 18.4 Å². The molecule has 0 N–H and O–H groups in total. The predicted molar refractivity (Wildman–Crippen MR) is 75.1 cm³/mol. The number of ketones is 1. The van der Waals surface area contributed by atoms with E-state index in [4.69, 9.17) is 9.47 Å². The summed E-state index contributed by atoms with van der Waals surface area (Å²) in [6.45, 7) is 5.03. The third-order valence-corrected chi connectivity index (χ3v) is 3.55. The van der Waals surface area contributed by atoms with Crippen LogP contribution < -0.4 is 9.47 Å². The van der Waals surface area contributed by atoms with Gasteiger partial charge in [0.15, 0.2) is 17.3 Å². The lowest BCUT2D eigenvalue weighted by Crippen LogP contribution is -2.11. The van der Waals surface area contributed by atoms with Crippen molar-refractivity contribution in [2.24, 2.45) is 5.92 Å². The monoisotopic (exact) mass is 262 g/mol. The molecule has 3 nitrogen and oxygen atoms in total. The van der Waals surface area contributed by atoms with Crippen LogP contribution in [0.15, 0.2) is 18.2 Å². The van der Waals surface area contributed by atoms with Crippen molar-refractivity contribution in [1.29, 1.82) is 0 Å². The van der Waals surface area contributed by atoms with Crippen LogP contribution in [0.5, 0.6) is 11.5 Å². The van der Waals surface area contributed by atoms with Crippen LogP contribution in [0.2, 0.25) is 0 Å². The second kappa shape index (κ2) is 6.60. The number of carbonyl (C=O) groups is 1. The molecule has 1 saturated carbocycles. The SMILES string of the molecule is CCOc1ccc(C(=O)C2CCCC2)cc1OCC. The Hall–Kier alpha value is -1.51. The molecule has 1 aliphatic carbocycles. The van der Waals surface area contributed by atoms with E-state index in [2.05, 4.69) is 0 Å². The maximum atomic E-state index is 12.4. The number of hydrogen-bond donors (Lipinski definition) is 0. The Morgan fingerprint density at radius 2 is 1.74 bits per heavy atom. The quantitative estimate of drug-likeness (QED) is 0.730. The van der Waals surface area contributed by atoms with Gasteiger partial charge in [0.05, 0.1) is 13.2 Å². The summed E-state index contributed by atoms with van der Waals surface area (Å²) in [5.74, 6) is 1.84. The lowest BCUT2D eigenvalue weighted by molar-refractivity contribution is 0.0922. The normalized spacial score (nSPS) is 15.5. The van der Waals surface area contributed by atoms with Gasteiger partial charge in [0.2, 0.25) is 0 Å². The molecule has 1 aliphatic rings. The standard InChI is InChI=1S/C16H22O3/c1-3-18-14-10-9-13(11-15(14)19-4-2)16(17)12-7-5-6-8-12/h9-12H,3-8H2,1-2H3. The molecule has 0 amide bonds. The highest BCUT2D eigenvalue weighted by Gasteiger charge is 2.24. The van der Waals surface area contributed by atoms with Crippen LogP contribution in [0.3, 0.4) is 0 Å².